The molecule has 240 valence electrons. The van der Waals surface area contributed by atoms with Gasteiger partial charge in [-0.2, -0.15) is 10.1 Å². The third kappa shape index (κ3) is 5.32. The predicted molar refractivity (Wildman–Crippen MR) is 158 cm³/mol. The Kier molecular flexibility index (Phi) is 8.52. The fraction of sp³-hybridized carbons (Fsp3) is 1.00. The second-order valence-corrected chi connectivity index (χ2v) is 16.1. The molecule has 0 aromatic heterocycles. The van der Waals surface area contributed by atoms with Gasteiger partial charge in [-0.05, 0) is 51.4 Å². The summed E-state index contributed by atoms with van der Waals surface area (Å²) in [6.07, 6.45) is 23.8. The van der Waals surface area contributed by atoms with Crippen LogP contribution in [0.2, 0.25) is 0 Å². The molecule has 0 unspecified atom stereocenters. The lowest BCUT2D eigenvalue weighted by atomic mass is 9.64. The summed E-state index contributed by atoms with van der Waals surface area (Å²) < 4.78 is 27.2. The molecule has 7 rings (SSSR count). The van der Waals surface area contributed by atoms with E-state index in [4.69, 9.17) is 18.9 Å². The molecule has 6 spiro atoms. The molecule has 8 nitrogen and oxygen atoms in total. The molecule has 0 amide bonds. The summed E-state index contributed by atoms with van der Waals surface area (Å²) in [4.78, 5) is 0. The van der Waals surface area contributed by atoms with Crippen LogP contribution in [-0.4, -0.2) is 88.1 Å². The van der Waals surface area contributed by atoms with Gasteiger partial charge in [0.05, 0.1) is 67.2 Å². The lowest BCUT2D eigenvalue weighted by Crippen LogP contribution is -2.72. The van der Waals surface area contributed by atoms with E-state index in [0.717, 1.165) is 89.9 Å². The Balaban J connectivity index is 1.11. The Morgan fingerprint density at radius 2 is 0.714 bits per heavy atom. The summed E-state index contributed by atoms with van der Waals surface area (Å²) in [7, 11) is 0. The molecule has 0 atom stereocenters. The molecule has 0 radical (unpaired) electrons. The monoisotopic (exact) mass is 590 g/mol. The summed E-state index contributed by atoms with van der Waals surface area (Å²) in [5.41, 5.74) is -1.50. The Morgan fingerprint density at radius 1 is 0.381 bits per heavy atom. The van der Waals surface area contributed by atoms with E-state index in [1.54, 1.807) is 5.06 Å². The van der Waals surface area contributed by atoms with Gasteiger partial charge in [-0.3, -0.25) is 0 Å². The van der Waals surface area contributed by atoms with E-state index >= 15 is 0 Å². The van der Waals surface area contributed by atoms with E-state index in [1.807, 2.05) is 5.06 Å². The van der Waals surface area contributed by atoms with E-state index in [2.05, 4.69) is 0 Å². The highest BCUT2D eigenvalue weighted by atomic mass is 16.7. The average molecular weight is 591 g/mol. The first kappa shape index (κ1) is 30.3. The van der Waals surface area contributed by atoms with Crippen molar-refractivity contribution in [3.05, 3.63) is 0 Å². The molecule has 42 heavy (non-hydrogen) atoms. The molecule has 4 aliphatic carbocycles. The number of hydrogen-bond donors (Lipinski definition) is 2. The summed E-state index contributed by atoms with van der Waals surface area (Å²) >= 11 is 0. The molecule has 0 aromatic rings. The molecule has 8 heteroatoms. The fourth-order valence-corrected chi connectivity index (χ4v) is 10.7. The van der Waals surface area contributed by atoms with Gasteiger partial charge in [0.1, 0.15) is 0 Å². The number of hydroxylamine groups is 4. The zero-order chi connectivity index (χ0) is 28.8. The fourth-order valence-electron chi connectivity index (χ4n) is 10.7. The van der Waals surface area contributed by atoms with Gasteiger partial charge in [0.15, 0.2) is 5.79 Å². The molecule has 7 aliphatic rings. The van der Waals surface area contributed by atoms with Crippen LogP contribution in [0.25, 0.3) is 0 Å². The quantitative estimate of drug-likeness (QED) is 0.321. The van der Waals surface area contributed by atoms with Gasteiger partial charge < -0.3 is 29.4 Å². The normalized spacial score (nSPS) is 34.7. The molecule has 3 heterocycles. The standard InChI is InChI=1S/C34H58N2O6/c37-35-30(13-5-1-6-14-30)21-34(22-31(35)15-7-2-8-16-31)41-25-29(26-42-34)23-39-27-32(17-9-3-10-18-32)36(38)33(28-40-24-29)19-11-4-12-20-33/h37-38H,1-28H2. The number of hydrogen-bond acceptors (Lipinski definition) is 8. The van der Waals surface area contributed by atoms with Gasteiger partial charge in [0, 0.05) is 12.8 Å². The van der Waals surface area contributed by atoms with Crippen molar-refractivity contribution in [3.8, 4) is 0 Å². The molecule has 3 aliphatic heterocycles. The third-order valence-electron chi connectivity index (χ3n) is 13.0. The first-order chi connectivity index (χ1) is 20.4. The Bertz CT molecular complexity index is 847. The molecule has 3 saturated heterocycles. The zero-order valence-corrected chi connectivity index (χ0v) is 26.2. The second kappa shape index (κ2) is 11.8. The number of ether oxygens (including phenoxy) is 4. The first-order valence-corrected chi connectivity index (χ1v) is 17.8. The van der Waals surface area contributed by atoms with Gasteiger partial charge in [0.25, 0.3) is 0 Å². The van der Waals surface area contributed by atoms with Crippen LogP contribution in [0.1, 0.15) is 141 Å². The van der Waals surface area contributed by atoms with Crippen molar-refractivity contribution in [2.24, 2.45) is 5.41 Å². The van der Waals surface area contributed by atoms with Crippen molar-refractivity contribution in [3.63, 3.8) is 0 Å². The highest BCUT2D eigenvalue weighted by Gasteiger charge is 2.63. The van der Waals surface area contributed by atoms with Crippen LogP contribution in [0.15, 0.2) is 0 Å². The van der Waals surface area contributed by atoms with E-state index in [0.29, 0.717) is 39.6 Å². The van der Waals surface area contributed by atoms with E-state index in [9.17, 15) is 10.4 Å². The summed E-state index contributed by atoms with van der Waals surface area (Å²) in [6.45, 7) is 3.29. The molecule has 2 N–H and O–H groups in total. The Hall–Kier alpha value is -0.320. The van der Waals surface area contributed by atoms with E-state index < -0.39 is 5.79 Å². The van der Waals surface area contributed by atoms with Crippen LogP contribution in [0.4, 0.5) is 0 Å². The van der Waals surface area contributed by atoms with Gasteiger partial charge >= 0.3 is 0 Å². The first-order valence-electron chi connectivity index (χ1n) is 17.8. The second-order valence-electron chi connectivity index (χ2n) is 16.1. The van der Waals surface area contributed by atoms with Crippen LogP contribution in [-0.2, 0) is 18.9 Å². The minimum absolute atomic E-state index is 0.243. The lowest BCUT2D eigenvalue weighted by molar-refractivity contribution is -0.393. The van der Waals surface area contributed by atoms with Crippen molar-refractivity contribution in [1.29, 1.82) is 0 Å². The van der Waals surface area contributed by atoms with Gasteiger partial charge in [-0.15, -0.1) is 0 Å². The largest absolute Gasteiger partial charge is 0.379 e. The van der Waals surface area contributed by atoms with Crippen molar-refractivity contribution < 1.29 is 29.4 Å². The van der Waals surface area contributed by atoms with Crippen LogP contribution in [0.3, 0.4) is 0 Å². The highest BCUT2D eigenvalue weighted by Crippen LogP contribution is 2.56. The maximum Gasteiger partial charge on any atom is 0.172 e. The van der Waals surface area contributed by atoms with Gasteiger partial charge in [-0.1, -0.05) is 77.0 Å². The lowest BCUT2D eigenvalue weighted by Gasteiger charge is -2.63. The third-order valence-corrected chi connectivity index (χ3v) is 13.0. The average Bonchev–Trinajstić information content (AvgIpc) is 3.03. The zero-order valence-electron chi connectivity index (χ0n) is 26.2. The SMILES string of the molecule is ON1C2(CCCCC2)COCC2(COCC13CCCCC3)COC1(CC3(CCCCC3)N(O)C3(CCCCC3)C1)OC2. The smallest absolute Gasteiger partial charge is 0.172 e. The van der Waals surface area contributed by atoms with E-state index in [-0.39, 0.29) is 27.6 Å². The molecular formula is C34H58N2O6. The Morgan fingerprint density at radius 3 is 1.10 bits per heavy atom. The van der Waals surface area contributed by atoms with Gasteiger partial charge in [0.2, 0.25) is 0 Å². The van der Waals surface area contributed by atoms with Crippen molar-refractivity contribution in [1.82, 2.24) is 10.1 Å². The predicted octanol–water partition coefficient (Wildman–Crippen LogP) is 6.75. The number of rotatable bonds is 0. The molecule has 7 fully saturated rings. The minimum atomic E-state index is -0.647. The summed E-state index contributed by atoms with van der Waals surface area (Å²) in [5, 5.41) is 27.4. The van der Waals surface area contributed by atoms with E-state index in [1.165, 1.54) is 51.4 Å². The minimum Gasteiger partial charge on any atom is -0.379 e. The van der Waals surface area contributed by atoms with Crippen molar-refractivity contribution >= 4 is 0 Å². The van der Waals surface area contributed by atoms with Crippen LogP contribution < -0.4 is 0 Å². The van der Waals surface area contributed by atoms with Crippen molar-refractivity contribution in [2.75, 3.05) is 39.6 Å². The van der Waals surface area contributed by atoms with Crippen LogP contribution in [0.5, 0.6) is 0 Å². The maximum atomic E-state index is 11.9. The summed E-state index contributed by atoms with van der Waals surface area (Å²) in [5.74, 6) is -0.647. The van der Waals surface area contributed by atoms with Gasteiger partial charge in [-0.25, -0.2) is 0 Å². The molecule has 0 bridgehead atoms. The van der Waals surface area contributed by atoms with Crippen LogP contribution in [0, 0.1) is 5.41 Å². The van der Waals surface area contributed by atoms with Crippen LogP contribution >= 0.6 is 0 Å². The summed E-state index contributed by atoms with van der Waals surface area (Å²) in [6, 6.07) is 0. The maximum absolute atomic E-state index is 11.9. The number of nitrogens with zero attached hydrogens (tertiary/aromatic N) is 2. The topological polar surface area (TPSA) is 83.9 Å². The van der Waals surface area contributed by atoms with Crippen molar-refractivity contribution in [2.45, 2.75) is 169 Å². The Labute approximate surface area is 253 Å². The highest BCUT2D eigenvalue weighted by molar-refractivity contribution is 5.11. The number of piperidine rings is 1. The molecule has 0 aromatic carbocycles. The molecular weight excluding hydrogens is 532 g/mol. The molecule has 4 saturated carbocycles.